The lowest BCUT2D eigenvalue weighted by Gasteiger charge is -2.64. The minimum atomic E-state index is -1.04. The molecule has 5 heterocycles. The summed E-state index contributed by atoms with van der Waals surface area (Å²) in [4.78, 5) is 68.7. The predicted octanol–water partition coefficient (Wildman–Crippen LogP) is 5.11. The molecule has 3 aliphatic heterocycles. The fourth-order valence-corrected chi connectivity index (χ4v) is 7.79. The minimum absolute atomic E-state index is 0.00564. The Morgan fingerprint density at radius 3 is 2.18 bits per heavy atom. The first-order valence-electron chi connectivity index (χ1n) is 18.2. The van der Waals surface area contributed by atoms with Crippen LogP contribution in [0.25, 0.3) is 11.6 Å². The number of fused-ring (bicyclic) bond motifs is 1. The van der Waals surface area contributed by atoms with E-state index in [-0.39, 0.29) is 34.9 Å². The van der Waals surface area contributed by atoms with Crippen LogP contribution in [0.4, 0.5) is 11.4 Å². The molecule has 0 bridgehead atoms. The summed E-state index contributed by atoms with van der Waals surface area (Å²) in [5.74, 6) is 0.790. The van der Waals surface area contributed by atoms with Gasteiger partial charge in [0.05, 0.1) is 29.1 Å². The van der Waals surface area contributed by atoms with Gasteiger partial charge >= 0.3 is 0 Å². The van der Waals surface area contributed by atoms with Crippen LogP contribution in [0, 0.1) is 6.92 Å². The third-order valence-corrected chi connectivity index (χ3v) is 11.1. The first kappa shape index (κ1) is 35.6. The van der Waals surface area contributed by atoms with Gasteiger partial charge in [-0.25, -0.2) is 9.97 Å². The van der Waals surface area contributed by atoms with Gasteiger partial charge in [-0.1, -0.05) is 43.3 Å². The summed E-state index contributed by atoms with van der Waals surface area (Å²) in [5.41, 5.74) is 4.64. The van der Waals surface area contributed by atoms with Crippen LogP contribution in [0.3, 0.4) is 0 Å². The number of likely N-dealkylation sites (N-methyl/N-ethyl adjacent to an activating group) is 1. The lowest BCUT2D eigenvalue weighted by atomic mass is 9.75. The molecule has 0 radical (unpaired) electrons. The van der Waals surface area contributed by atoms with Gasteiger partial charge in [0.25, 0.3) is 11.8 Å². The van der Waals surface area contributed by atoms with E-state index in [1.165, 1.54) is 12.6 Å². The predicted molar refractivity (Wildman–Crippen MR) is 202 cm³/mol. The highest BCUT2D eigenvalue weighted by Crippen LogP contribution is 2.45. The van der Waals surface area contributed by atoms with Gasteiger partial charge in [-0.15, -0.1) is 0 Å². The van der Waals surface area contributed by atoms with E-state index >= 15 is 0 Å². The molecule has 14 nitrogen and oxygen atoms in total. The van der Waals surface area contributed by atoms with Crippen molar-refractivity contribution in [3.8, 4) is 23.1 Å². The van der Waals surface area contributed by atoms with Crippen LogP contribution in [-0.4, -0.2) is 87.3 Å². The number of aldehydes is 1. The number of amides is 3. The van der Waals surface area contributed by atoms with Gasteiger partial charge < -0.3 is 29.2 Å². The minimum Gasteiger partial charge on any atom is -0.454 e. The van der Waals surface area contributed by atoms with Gasteiger partial charge in [-0.05, 0) is 66.4 Å². The molecule has 2 fully saturated rings. The maximum absolute atomic E-state index is 13.5. The Bertz CT molecular complexity index is 2280. The molecule has 2 saturated heterocycles. The molecule has 5 aromatic rings. The third-order valence-electron chi connectivity index (χ3n) is 11.1. The molecule has 3 amide bonds. The maximum atomic E-state index is 13.5. The van der Waals surface area contributed by atoms with Gasteiger partial charge in [0, 0.05) is 56.8 Å². The van der Waals surface area contributed by atoms with Crippen molar-refractivity contribution < 1.29 is 28.4 Å². The van der Waals surface area contributed by atoms with Crippen LogP contribution in [0.2, 0.25) is 0 Å². The molecule has 8 rings (SSSR count). The molecule has 55 heavy (non-hydrogen) atoms. The van der Waals surface area contributed by atoms with Crippen LogP contribution in [0.15, 0.2) is 83.6 Å². The molecule has 1 spiro atoms. The average Bonchev–Trinajstić information content (AvgIpc) is 3.71. The zero-order valence-electron chi connectivity index (χ0n) is 31.0. The summed E-state index contributed by atoms with van der Waals surface area (Å²) < 4.78 is 11.0. The number of hydrogen-bond donors (Lipinski definition) is 1. The number of aryl methyl sites for hydroxylation is 1. The van der Waals surface area contributed by atoms with Crippen LogP contribution < -0.4 is 19.9 Å². The highest BCUT2D eigenvalue weighted by Gasteiger charge is 2.54. The first-order chi connectivity index (χ1) is 26.5. The lowest BCUT2D eigenvalue weighted by Crippen LogP contribution is -2.77. The van der Waals surface area contributed by atoms with Crippen molar-refractivity contribution in [2.45, 2.75) is 57.0 Å². The standard InChI is InChI=1S/C41H40N8O6/c1-25-45-36(46-55-25)35-43-21-31(22-44-35)54-30-14-9-27(10-15-30)40(2,3)26-7-11-28(12-8-26)48-18-17-41(48)23-47(24-41)29-13-16-32-33(20-29)39(53)49(38(32)52)34(6-5-19-50)37(51)42-4/h7-16,19-22,34H,5-6,17-18,23-24H2,1-4H3,(H,42,51). The number of hydrogen-bond acceptors (Lipinski definition) is 12. The number of carbonyl (C=O) groups is 4. The summed E-state index contributed by atoms with van der Waals surface area (Å²) >= 11 is 0. The van der Waals surface area contributed by atoms with Crippen molar-refractivity contribution in [1.82, 2.24) is 30.3 Å². The van der Waals surface area contributed by atoms with E-state index in [0.29, 0.717) is 35.3 Å². The molecule has 14 heteroatoms. The Morgan fingerprint density at radius 1 is 0.927 bits per heavy atom. The average molecular weight is 741 g/mol. The highest BCUT2D eigenvalue weighted by atomic mass is 16.5. The number of aromatic nitrogens is 4. The van der Waals surface area contributed by atoms with Gasteiger partial charge in [0.2, 0.25) is 23.4 Å². The summed E-state index contributed by atoms with van der Waals surface area (Å²) in [6.07, 6.45) is 5.03. The smallest absolute Gasteiger partial charge is 0.262 e. The third kappa shape index (κ3) is 6.26. The molecule has 280 valence electrons. The van der Waals surface area contributed by atoms with E-state index in [1.807, 2.05) is 18.2 Å². The molecule has 1 atom stereocenters. The molecule has 3 aliphatic rings. The number of ether oxygens (including phenoxy) is 1. The van der Waals surface area contributed by atoms with Crippen LogP contribution in [-0.2, 0) is 15.0 Å². The molecule has 0 aliphatic carbocycles. The lowest BCUT2D eigenvalue weighted by molar-refractivity contribution is -0.124. The van der Waals surface area contributed by atoms with E-state index < -0.39 is 23.8 Å². The van der Waals surface area contributed by atoms with E-state index in [1.54, 1.807) is 31.5 Å². The van der Waals surface area contributed by atoms with Crippen molar-refractivity contribution in [2.24, 2.45) is 0 Å². The molecule has 3 aromatic carbocycles. The van der Waals surface area contributed by atoms with E-state index in [0.717, 1.165) is 47.9 Å². The fraction of sp³-hybridized carbons (Fsp3) is 0.317. The molecular formula is C41H40N8O6. The van der Waals surface area contributed by atoms with Crippen LogP contribution in [0.5, 0.6) is 11.5 Å². The molecule has 0 saturated carbocycles. The van der Waals surface area contributed by atoms with Crippen molar-refractivity contribution in [2.75, 3.05) is 36.5 Å². The number of nitrogens with one attached hydrogen (secondary N) is 1. The first-order valence-corrected chi connectivity index (χ1v) is 18.2. The van der Waals surface area contributed by atoms with E-state index in [9.17, 15) is 19.2 Å². The molecular weight excluding hydrogens is 701 g/mol. The van der Waals surface area contributed by atoms with Crippen LogP contribution >= 0.6 is 0 Å². The summed E-state index contributed by atoms with van der Waals surface area (Å²) in [6, 6.07) is 21.1. The van der Waals surface area contributed by atoms with Gasteiger partial charge in [-0.3, -0.25) is 19.3 Å². The SMILES string of the molecule is CNC(=O)C(CCC=O)N1C(=O)c2ccc(N3CC4(CCN4c4ccc(C(C)(C)c5ccc(Oc6cnc(-c7noc(C)n7)nc6)cc5)cc4)C3)cc2C1=O. The summed E-state index contributed by atoms with van der Waals surface area (Å²) in [7, 11) is 1.45. The van der Waals surface area contributed by atoms with Gasteiger partial charge in [0.1, 0.15) is 18.1 Å². The number of rotatable bonds is 12. The molecule has 1 unspecified atom stereocenters. The van der Waals surface area contributed by atoms with Crippen molar-refractivity contribution in [3.05, 3.63) is 107 Å². The second kappa shape index (κ2) is 13.8. The Kier molecular flexibility index (Phi) is 8.90. The topological polar surface area (TPSA) is 164 Å². The zero-order valence-corrected chi connectivity index (χ0v) is 31.0. The number of imide groups is 1. The van der Waals surface area contributed by atoms with Gasteiger partial charge in [0.15, 0.2) is 5.75 Å². The fourth-order valence-electron chi connectivity index (χ4n) is 7.79. The Labute approximate surface area is 317 Å². The Morgan fingerprint density at radius 2 is 1.58 bits per heavy atom. The Hall–Kier alpha value is -6.44. The van der Waals surface area contributed by atoms with Crippen LogP contribution in [0.1, 0.15) is 70.8 Å². The largest absolute Gasteiger partial charge is 0.454 e. The van der Waals surface area contributed by atoms with E-state index in [4.69, 9.17) is 9.26 Å². The van der Waals surface area contributed by atoms with Crippen molar-refractivity contribution in [1.29, 1.82) is 0 Å². The summed E-state index contributed by atoms with van der Waals surface area (Å²) in [6.45, 7) is 8.64. The second-order valence-electron chi connectivity index (χ2n) is 14.7. The normalized spacial score (nSPS) is 16.4. The molecule has 1 N–H and O–H groups in total. The van der Waals surface area contributed by atoms with Crippen molar-refractivity contribution >= 4 is 35.4 Å². The van der Waals surface area contributed by atoms with Gasteiger partial charge in [-0.2, -0.15) is 4.98 Å². The van der Waals surface area contributed by atoms with E-state index in [2.05, 4.69) is 85.5 Å². The second-order valence-corrected chi connectivity index (χ2v) is 14.7. The number of nitrogens with zero attached hydrogens (tertiary/aromatic N) is 7. The number of carbonyl (C=O) groups excluding carboxylic acids is 4. The molecule has 2 aromatic heterocycles. The highest BCUT2D eigenvalue weighted by molar-refractivity contribution is 6.23. The summed E-state index contributed by atoms with van der Waals surface area (Å²) in [5, 5.41) is 6.36. The zero-order chi connectivity index (χ0) is 38.5. The number of anilines is 2. The number of benzene rings is 3. The maximum Gasteiger partial charge on any atom is 0.262 e. The Balaban J connectivity index is 0.899. The quantitative estimate of drug-likeness (QED) is 0.133. The monoisotopic (exact) mass is 740 g/mol. The van der Waals surface area contributed by atoms with Crippen molar-refractivity contribution in [3.63, 3.8) is 0 Å².